The Hall–Kier alpha value is -1.40. The molecule has 4 heterocycles. The van der Waals surface area contributed by atoms with Gasteiger partial charge in [-0.25, -0.2) is 4.98 Å². The zero-order valence-corrected chi connectivity index (χ0v) is 17.3. The third kappa shape index (κ3) is 4.06. The van der Waals surface area contributed by atoms with Gasteiger partial charge in [0.2, 0.25) is 11.8 Å². The van der Waals surface area contributed by atoms with Gasteiger partial charge in [0.05, 0.1) is 0 Å². The second-order valence-corrected chi connectivity index (χ2v) is 8.98. The maximum absolute atomic E-state index is 6.25. The van der Waals surface area contributed by atoms with Crippen molar-refractivity contribution in [3.05, 3.63) is 12.3 Å². The molecule has 6 heteroatoms. The van der Waals surface area contributed by atoms with Gasteiger partial charge in [-0.15, -0.1) is 0 Å². The van der Waals surface area contributed by atoms with E-state index in [4.69, 9.17) is 9.72 Å². The van der Waals surface area contributed by atoms with E-state index in [2.05, 4.69) is 47.4 Å². The predicted octanol–water partition coefficient (Wildman–Crippen LogP) is 2.79. The minimum Gasteiger partial charge on any atom is -0.474 e. The van der Waals surface area contributed by atoms with E-state index in [1.54, 1.807) is 0 Å². The third-order valence-corrected chi connectivity index (χ3v) is 6.58. The molecule has 27 heavy (non-hydrogen) atoms. The molecule has 0 aliphatic carbocycles. The summed E-state index contributed by atoms with van der Waals surface area (Å²) < 4.78 is 6.25. The molecule has 0 spiro atoms. The highest BCUT2D eigenvalue weighted by molar-refractivity contribution is 5.39. The van der Waals surface area contributed by atoms with Crippen molar-refractivity contribution in [3.8, 4) is 5.88 Å². The van der Waals surface area contributed by atoms with Crippen molar-refractivity contribution in [2.75, 3.05) is 31.1 Å². The second kappa shape index (κ2) is 7.92. The Labute approximate surface area is 163 Å². The Kier molecular flexibility index (Phi) is 5.55. The van der Waals surface area contributed by atoms with Gasteiger partial charge in [0, 0.05) is 62.6 Å². The molecule has 3 fully saturated rings. The molecule has 6 nitrogen and oxygen atoms in total. The van der Waals surface area contributed by atoms with Crippen LogP contribution in [0.2, 0.25) is 0 Å². The zero-order valence-electron chi connectivity index (χ0n) is 17.3. The highest BCUT2D eigenvalue weighted by Gasteiger charge is 2.41. The van der Waals surface area contributed by atoms with Gasteiger partial charge in [-0.05, 0) is 53.4 Å². The van der Waals surface area contributed by atoms with Crippen LogP contribution in [-0.2, 0) is 0 Å². The summed E-state index contributed by atoms with van der Waals surface area (Å²) >= 11 is 0. The Morgan fingerprint density at radius 2 is 1.56 bits per heavy atom. The van der Waals surface area contributed by atoms with Crippen LogP contribution in [0, 0.1) is 0 Å². The molecular formula is C21H35N5O. The molecule has 3 aliphatic rings. The minimum absolute atomic E-state index is 0.275. The highest BCUT2D eigenvalue weighted by Crippen LogP contribution is 2.34. The molecule has 2 bridgehead atoms. The average molecular weight is 374 g/mol. The number of fused-ring (bicyclic) bond motifs is 2. The van der Waals surface area contributed by atoms with Gasteiger partial charge in [-0.1, -0.05) is 0 Å². The lowest BCUT2D eigenvalue weighted by Crippen LogP contribution is -2.56. The molecule has 2 atom stereocenters. The Morgan fingerprint density at radius 1 is 0.926 bits per heavy atom. The molecule has 0 N–H and O–H groups in total. The maximum Gasteiger partial charge on any atom is 0.229 e. The smallest absolute Gasteiger partial charge is 0.229 e. The number of hydrogen-bond donors (Lipinski definition) is 0. The lowest BCUT2D eigenvalue weighted by molar-refractivity contribution is 0.0811. The number of rotatable bonds is 5. The monoisotopic (exact) mass is 373 g/mol. The van der Waals surface area contributed by atoms with Gasteiger partial charge in [0.15, 0.2) is 0 Å². The number of ether oxygens (including phenoxy) is 1. The normalized spacial score (nSPS) is 27.7. The summed E-state index contributed by atoms with van der Waals surface area (Å²) in [5.74, 6) is 1.61. The van der Waals surface area contributed by atoms with Crippen molar-refractivity contribution >= 4 is 5.95 Å². The van der Waals surface area contributed by atoms with Crippen LogP contribution in [0.1, 0.15) is 53.4 Å². The van der Waals surface area contributed by atoms with E-state index in [0.717, 1.165) is 50.8 Å². The number of anilines is 1. The van der Waals surface area contributed by atoms with Crippen molar-refractivity contribution < 1.29 is 4.74 Å². The van der Waals surface area contributed by atoms with Gasteiger partial charge in [-0.3, -0.25) is 4.90 Å². The van der Waals surface area contributed by atoms with Gasteiger partial charge >= 0.3 is 0 Å². The summed E-state index contributed by atoms with van der Waals surface area (Å²) in [6.07, 6.45) is 6.80. The largest absolute Gasteiger partial charge is 0.474 e. The first-order valence-electron chi connectivity index (χ1n) is 10.8. The summed E-state index contributed by atoms with van der Waals surface area (Å²) in [7, 11) is 0. The van der Waals surface area contributed by atoms with Crippen LogP contribution in [0.25, 0.3) is 0 Å². The lowest BCUT2D eigenvalue weighted by atomic mass is 10.1. The highest BCUT2D eigenvalue weighted by atomic mass is 16.5. The van der Waals surface area contributed by atoms with E-state index in [1.807, 2.05) is 12.3 Å². The number of piperazine rings is 1. The first kappa shape index (κ1) is 18.9. The number of likely N-dealkylation sites (tertiary alicyclic amines) is 2. The van der Waals surface area contributed by atoms with Crippen molar-refractivity contribution in [2.45, 2.75) is 83.6 Å². The molecule has 1 aromatic heterocycles. The molecule has 3 saturated heterocycles. The van der Waals surface area contributed by atoms with Crippen molar-refractivity contribution in [2.24, 2.45) is 0 Å². The van der Waals surface area contributed by atoms with E-state index < -0.39 is 0 Å². The van der Waals surface area contributed by atoms with E-state index in [1.165, 1.54) is 12.8 Å². The fourth-order valence-electron chi connectivity index (χ4n) is 4.89. The first-order valence-corrected chi connectivity index (χ1v) is 10.8. The summed E-state index contributed by atoms with van der Waals surface area (Å²) in [6, 6.07) is 4.23. The molecule has 1 aromatic rings. The topological polar surface area (TPSA) is 44.7 Å². The Morgan fingerprint density at radius 3 is 2.15 bits per heavy atom. The quantitative estimate of drug-likeness (QED) is 0.791. The van der Waals surface area contributed by atoms with Crippen LogP contribution >= 0.6 is 0 Å². The van der Waals surface area contributed by atoms with Crippen LogP contribution in [0.15, 0.2) is 12.3 Å². The molecular weight excluding hydrogens is 338 g/mol. The van der Waals surface area contributed by atoms with Gasteiger partial charge in [0.25, 0.3) is 0 Å². The van der Waals surface area contributed by atoms with Crippen LogP contribution in [0.3, 0.4) is 0 Å². The molecule has 0 aromatic carbocycles. The Balaban J connectivity index is 1.40. The second-order valence-electron chi connectivity index (χ2n) is 8.98. The predicted molar refractivity (Wildman–Crippen MR) is 108 cm³/mol. The molecule has 3 aliphatic heterocycles. The molecule has 4 rings (SSSR count). The number of hydrogen-bond acceptors (Lipinski definition) is 6. The fraction of sp³-hybridized carbons (Fsp3) is 0.810. The van der Waals surface area contributed by atoms with E-state index >= 15 is 0 Å². The number of aromatic nitrogens is 2. The molecule has 0 saturated carbocycles. The fourth-order valence-corrected chi connectivity index (χ4v) is 4.89. The van der Waals surface area contributed by atoms with Gasteiger partial charge in [-0.2, -0.15) is 4.98 Å². The standard InChI is InChI=1S/C21H35N5O/c1-15(2)24-11-8-19(9-12-24)27-20-7-10-22-21(23-20)26-17-5-6-18(26)14-25(13-17)16(3)4/h7,10,15-19H,5-6,8-9,11-14H2,1-4H3/t17-,18+. The average Bonchev–Trinajstić information content (AvgIpc) is 2.91. The first-order chi connectivity index (χ1) is 13.0. The van der Waals surface area contributed by atoms with Crippen LogP contribution in [-0.4, -0.2) is 76.2 Å². The maximum atomic E-state index is 6.25. The van der Waals surface area contributed by atoms with E-state index in [0.29, 0.717) is 24.2 Å². The van der Waals surface area contributed by atoms with Gasteiger partial charge in [0.1, 0.15) is 6.10 Å². The molecule has 0 unspecified atom stereocenters. The molecule has 150 valence electrons. The summed E-state index contributed by atoms with van der Waals surface area (Å²) in [4.78, 5) is 17.0. The van der Waals surface area contributed by atoms with Crippen molar-refractivity contribution in [1.29, 1.82) is 0 Å². The van der Waals surface area contributed by atoms with Crippen LogP contribution in [0.4, 0.5) is 5.95 Å². The summed E-state index contributed by atoms with van der Waals surface area (Å²) in [5, 5.41) is 0. The van der Waals surface area contributed by atoms with E-state index in [9.17, 15) is 0 Å². The minimum atomic E-state index is 0.275. The van der Waals surface area contributed by atoms with Crippen LogP contribution < -0.4 is 9.64 Å². The SMILES string of the molecule is CC(C)N1CCC(Oc2ccnc(N3[C@@H]4CC[C@H]3CN(C(C)C)C4)n2)CC1. The van der Waals surface area contributed by atoms with Crippen LogP contribution in [0.5, 0.6) is 5.88 Å². The number of piperidine rings is 1. The van der Waals surface area contributed by atoms with E-state index in [-0.39, 0.29) is 6.10 Å². The molecule has 0 amide bonds. The van der Waals surface area contributed by atoms with Crippen molar-refractivity contribution in [3.63, 3.8) is 0 Å². The zero-order chi connectivity index (χ0) is 19.0. The third-order valence-electron chi connectivity index (χ3n) is 6.58. The molecule has 0 radical (unpaired) electrons. The summed E-state index contributed by atoms with van der Waals surface area (Å²) in [6.45, 7) is 13.6. The van der Waals surface area contributed by atoms with Gasteiger partial charge < -0.3 is 14.5 Å². The van der Waals surface area contributed by atoms with Crippen molar-refractivity contribution in [1.82, 2.24) is 19.8 Å². The lowest BCUT2D eigenvalue weighted by Gasteiger charge is -2.42. The number of nitrogens with zero attached hydrogens (tertiary/aromatic N) is 5. The summed E-state index contributed by atoms with van der Waals surface area (Å²) in [5.41, 5.74) is 0. The Bertz CT molecular complexity index is 615.